The third-order valence-corrected chi connectivity index (χ3v) is 6.72. The fourth-order valence-electron chi connectivity index (χ4n) is 2.33. The molecule has 1 heteroatoms. The summed E-state index contributed by atoms with van der Waals surface area (Å²) in [7, 11) is -1.10. The first-order chi connectivity index (χ1) is 6.70. The highest BCUT2D eigenvalue weighted by Gasteiger charge is 2.28. The zero-order chi connectivity index (χ0) is 10.0. The molecule has 0 amide bonds. The van der Waals surface area contributed by atoms with Crippen LogP contribution in [0, 0.1) is 0 Å². The van der Waals surface area contributed by atoms with Crippen molar-refractivity contribution in [1.82, 2.24) is 0 Å². The van der Waals surface area contributed by atoms with Gasteiger partial charge in [0.1, 0.15) is 0 Å². The molecule has 0 spiro atoms. The predicted octanol–water partition coefficient (Wildman–Crippen LogP) is 4.11. The second-order valence-electron chi connectivity index (χ2n) is 4.76. The largest absolute Gasteiger partial charge is 0.0847 e. The zero-order valence-corrected chi connectivity index (χ0v) is 10.1. The summed E-state index contributed by atoms with van der Waals surface area (Å²) in [5, 5.41) is 1.67. The highest BCUT2D eigenvalue weighted by atomic mass is 28.3. The molecule has 1 aliphatic heterocycles. The number of rotatable bonds is 1. The maximum absolute atomic E-state index is 2.49. The third kappa shape index (κ3) is 1.83. The zero-order valence-electron chi connectivity index (χ0n) is 9.09. The van der Waals surface area contributed by atoms with Crippen molar-refractivity contribution in [2.75, 3.05) is 0 Å². The fraction of sp³-hybridized carbons (Fsp3) is 0.385. The van der Waals surface area contributed by atoms with E-state index in [1.54, 1.807) is 5.20 Å². The first-order valence-corrected chi connectivity index (χ1v) is 8.67. The van der Waals surface area contributed by atoms with E-state index in [-0.39, 0.29) is 0 Å². The lowest BCUT2D eigenvalue weighted by Gasteiger charge is -2.30. The standard InChI is InChI=1S/C13H18Si/c1-14(2)11-7-6-10-13(14)12-8-4-3-5-9-12/h3-5,8-10H,6-7,11H2,1-2H3. The van der Waals surface area contributed by atoms with Crippen molar-refractivity contribution in [2.24, 2.45) is 0 Å². The summed E-state index contributed by atoms with van der Waals surface area (Å²) in [5.41, 5.74) is 1.46. The molecule has 74 valence electrons. The predicted molar refractivity (Wildman–Crippen MR) is 65.9 cm³/mol. The normalized spacial score (nSPS) is 20.3. The van der Waals surface area contributed by atoms with Crippen molar-refractivity contribution in [3.8, 4) is 0 Å². The molecule has 0 aromatic heterocycles. The minimum Gasteiger partial charge on any atom is -0.0847 e. The van der Waals surface area contributed by atoms with Crippen LogP contribution >= 0.6 is 0 Å². The Labute approximate surface area is 87.7 Å². The summed E-state index contributed by atoms with van der Waals surface area (Å²) in [6, 6.07) is 12.4. The first kappa shape index (κ1) is 9.72. The molecule has 0 N–H and O–H groups in total. The summed E-state index contributed by atoms with van der Waals surface area (Å²) >= 11 is 0. The van der Waals surface area contributed by atoms with Gasteiger partial charge >= 0.3 is 0 Å². The van der Waals surface area contributed by atoms with Crippen LogP contribution < -0.4 is 0 Å². The van der Waals surface area contributed by atoms with Crippen LogP contribution in [0.2, 0.25) is 19.1 Å². The van der Waals surface area contributed by atoms with E-state index in [2.05, 4.69) is 49.5 Å². The van der Waals surface area contributed by atoms with Crippen molar-refractivity contribution in [2.45, 2.75) is 32.0 Å². The molecule has 0 bridgehead atoms. The molecule has 2 rings (SSSR count). The van der Waals surface area contributed by atoms with Crippen LogP contribution in [0.3, 0.4) is 0 Å². The average molecular weight is 202 g/mol. The molecule has 14 heavy (non-hydrogen) atoms. The van der Waals surface area contributed by atoms with E-state index in [1.807, 2.05) is 0 Å². The first-order valence-electron chi connectivity index (χ1n) is 5.46. The number of hydrogen-bond donors (Lipinski definition) is 0. The van der Waals surface area contributed by atoms with Gasteiger partial charge in [-0.2, -0.15) is 0 Å². The SMILES string of the molecule is C[Si]1(C)CCCC=C1c1ccccc1. The minimum atomic E-state index is -1.10. The molecule has 1 aromatic rings. The summed E-state index contributed by atoms with van der Waals surface area (Å²) in [5.74, 6) is 0. The van der Waals surface area contributed by atoms with E-state index < -0.39 is 8.07 Å². The van der Waals surface area contributed by atoms with Gasteiger partial charge in [0.25, 0.3) is 0 Å². The summed E-state index contributed by atoms with van der Waals surface area (Å²) in [4.78, 5) is 0. The summed E-state index contributed by atoms with van der Waals surface area (Å²) in [6.45, 7) is 4.98. The summed E-state index contributed by atoms with van der Waals surface area (Å²) in [6.07, 6.45) is 5.15. The molecule has 0 atom stereocenters. The van der Waals surface area contributed by atoms with Gasteiger partial charge in [-0.25, -0.2) is 0 Å². The number of hydrogen-bond acceptors (Lipinski definition) is 0. The molecule has 0 nitrogen and oxygen atoms in total. The van der Waals surface area contributed by atoms with E-state index in [4.69, 9.17) is 0 Å². The van der Waals surface area contributed by atoms with Gasteiger partial charge < -0.3 is 0 Å². The fourth-order valence-corrected chi connectivity index (χ4v) is 5.33. The topological polar surface area (TPSA) is 0 Å². The lowest BCUT2D eigenvalue weighted by atomic mass is 10.2. The minimum absolute atomic E-state index is 1.10. The van der Waals surface area contributed by atoms with Gasteiger partial charge in [0.2, 0.25) is 0 Å². The molecule has 1 heterocycles. The van der Waals surface area contributed by atoms with E-state index in [1.165, 1.54) is 24.4 Å². The highest BCUT2D eigenvalue weighted by Crippen LogP contribution is 2.34. The lowest BCUT2D eigenvalue weighted by Crippen LogP contribution is -2.29. The molecule has 0 unspecified atom stereocenters. The van der Waals surface area contributed by atoms with Gasteiger partial charge in [-0.15, -0.1) is 0 Å². The van der Waals surface area contributed by atoms with Crippen LogP contribution in [0.25, 0.3) is 5.20 Å². The van der Waals surface area contributed by atoms with Gasteiger partial charge in [0.05, 0.1) is 8.07 Å². The molecular weight excluding hydrogens is 184 g/mol. The molecule has 0 saturated heterocycles. The van der Waals surface area contributed by atoms with Crippen molar-refractivity contribution in [1.29, 1.82) is 0 Å². The Morgan fingerprint density at radius 3 is 2.43 bits per heavy atom. The van der Waals surface area contributed by atoms with Crippen molar-refractivity contribution >= 4 is 13.3 Å². The number of benzene rings is 1. The monoisotopic (exact) mass is 202 g/mol. The van der Waals surface area contributed by atoms with Crippen LogP contribution in [0.5, 0.6) is 0 Å². The molecular formula is C13H18Si. The van der Waals surface area contributed by atoms with Crippen molar-refractivity contribution < 1.29 is 0 Å². The second-order valence-corrected chi connectivity index (χ2v) is 9.57. The molecule has 0 radical (unpaired) electrons. The maximum atomic E-state index is 2.49. The number of allylic oxidation sites excluding steroid dienone is 1. The van der Waals surface area contributed by atoms with Crippen LogP contribution in [-0.4, -0.2) is 8.07 Å². The van der Waals surface area contributed by atoms with Crippen LogP contribution in [0.1, 0.15) is 18.4 Å². The van der Waals surface area contributed by atoms with Gasteiger partial charge in [-0.3, -0.25) is 0 Å². The highest BCUT2D eigenvalue weighted by molar-refractivity contribution is 6.94. The van der Waals surface area contributed by atoms with E-state index in [0.29, 0.717) is 0 Å². The molecule has 1 aromatic carbocycles. The smallest absolute Gasteiger partial charge is 0.0810 e. The Bertz CT molecular complexity index is 336. The van der Waals surface area contributed by atoms with Gasteiger partial charge in [0.15, 0.2) is 0 Å². The average Bonchev–Trinajstić information content (AvgIpc) is 2.18. The molecule has 0 fully saturated rings. The van der Waals surface area contributed by atoms with Crippen molar-refractivity contribution in [3.05, 3.63) is 42.0 Å². The van der Waals surface area contributed by atoms with E-state index >= 15 is 0 Å². The Morgan fingerprint density at radius 1 is 1.07 bits per heavy atom. The molecule has 1 aliphatic rings. The van der Waals surface area contributed by atoms with E-state index in [9.17, 15) is 0 Å². The van der Waals surface area contributed by atoms with Crippen LogP contribution in [-0.2, 0) is 0 Å². The van der Waals surface area contributed by atoms with E-state index in [0.717, 1.165) is 0 Å². The second kappa shape index (κ2) is 3.74. The Hall–Kier alpha value is -0.823. The third-order valence-electron chi connectivity index (χ3n) is 3.17. The van der Waals surface area contributed by atoms with Gasteiger partial charge in [-0.1, -0.05) is 67.2 Å². The molecule has 0 saturated carbocycles. The Morgan fingerprint density at radius 2 is 1.79 bits per heavy atom. The van der Waals surface area contributed by atoms with Crippen LogP contribution in [0.4, 0.5) is 0 Å². The van der Waals surface area contributed by atoms with Gasteiger partial charge in [0, 0.05) is 0 Å². The van der Waals surface area contributed by atoms with Crippen LogP contribution in [0.15, 0.2) is 36.4 Å². The maximum Gasteiger partial charge on any atom is 0.0810 e. The van der Waals surface area contributed by atoms with Crippen molar-refractivity contribution in [3.63, 3.8) is 0 Å². The Balaban J connectivity index is 2.38. The van der Waals surface area contributed by atoms with Gasteiger partial charge in [-0.05, 0) is 12.0 Å². The summed E-state index contributed by atoms with van der Waals surface area (Å²) < 4.78 is 0. The Kier molecular flexibility index (Phi) is 2.59. The lowest BCUT2D eigenvalue weighted by molar-refractivity contribution is 0.925. The molecule has 0 aliphatic carbocycles. The quantitative estimate of drug-likeness (QED) is 0.601.